The maximum atomic E-state index is 12.9. The molecule has 0 radical (unpaired) electrons. The van der Waals surface area contributed by atoms with Crippen LogP contribution in [0.5, 0.6) is 0 Å². The summed E-state index contributed by atoms with van der Waals surface area (Å²) in [6, 6.07) is 8.01. The maximum Gasteiger partial charge on any atom is 0.282 e. The largest absolute Gasteiger partial charge is 0.387 e. The molecule has 0 amide bonds. The van der Waals surface area contributed by atoms with Crippen LogP contribution in [0.4, 0.5) is 0 Å². The monoisotopic (exact) mass is 420 g/mol. The van der Waals surface area contributed by atoms with Crippen LogP contribution in [0, 0.1) is 12.8 Å². The average Bonchev–Trinajstić information content (AvgIpc) is 3.04. The molecular weight excluding hydrogens is 388 g/mol. The van der Waals surface area contributed by atoms with Gasteiger partial charge in [0, 0.05) is 68.0 Å². The second-order valence-electron chi connectivity index (χ2n) is 8.51. The van der Waals surface area contributed by atoms with E-state index in [2.05, 4.69) is 16.8 Å². The first-order valence-electron chi connectivity index (χ1n) is 10.6. The Morgan fingerprint density at radius 2 is 1.69 bits per heavy atom. The Morgan fingerprint density at radius 3 is 2.38 bits per heavy atom. The number of nitrogens with zero attached hydrogens (tertiary/aromatic N) is 3. The summed E-state index contributed by atoms with van der Waals surface area (Å²) in [7, 11) is -3.37. The molecule has 2 saturated heterocycles. The summed E-state index contributed by atoms with van der Waals surface area (Å²) in [6.07, 6.45) is 1.28. The maximum absolute atomic E-state index is 12.9. The van der Waals surface area contributed by atoms with E-state index in [9.17, 15) is 13.5 Å². The normalized spacial score (nSPS) is 22.3. The number of para-hydroxylation sites is 1. The number of aryl methyl sites for hydroxylation is 1. The highest BCUT2D eigenvalue weighted by Gasteiger charge is 2.34. The lowest BCUT2D eigenvalue weighted by Gasteiger charge is -2.39. The molecule has 0 aliphatic carbocycles. The molecule has 1 aromatic carbocycles. The van der Waals surface area contributed by atoms with E-state index >= 15 is 0 Å². The lowest BCUT2D eigenvalue weighted by Crippen LogP contribution is -2.54. The standard InChI is InChI=1S/C21H32N4O3S/c1-16-7-9-24(10-8-16)29(27,28)25-13-11-23(12-14-25)15-20(26)21-17(2)22-19-6-4-3-5-18(19)21/h3-6,16,20,22,26H,7-15H2,1-2H3/t20-/m1/s1. The zero-order valence-corrected chi connectivity index (χ0v) is 18.2. The van der Waals surface area contributed by atoms with Crippen molar-refractivity contribution in [2.75, 3.05) is 45.8 Å². The van der Waals surface area contributed by atoms with Gasteiger partial charge in [0.25, 0.3) is 10.2 Å². The van der Waals surface area contributed by atoms with Crippen LogP contribution in [0.1, 0.15) is 37.1 Å². The number of β-amino-alcohol motifs (C(OH)–C–C–N with tert-alkyl or cyclic N) is 1. The van der Waals surface area contributed by atoms with Crippen molar-refractivity contribution in [1.82, 2.24) is 18.5 Å². The molecule has 3 heterocycles. The second kappa shape index (κ2) is 8.35. The van der Waals surface area contributed by atoms with Crippen molar-refractivity contribution < 1.29 is 13.5 Å². The molecule has 1 aromatic heterocycles. The first-order valence-corrected chi connectivity index (χ1v) is 12.0. The van der Waals surface area contributed by atoms with Crippen LogP contribution in [-0.4, -0.2) is 77.8 Å². The fourth-order valence-corrected chi connectivity index (χ4v) is 6.21. The van der Waals surface area contributed by atoms with Gasteiger partial charge in [0.2, 0.25) is 0 Å². The van der Waals surface area contributed by atoms with Crippen LogP contribution in [0.15, 0.2) is 24.3 Å². The number of aliphatic hydroxyl groups is 1. The molecular formula is C21H32N4O3S. The van der Waals surface area contributed by atoms with Crippen molar-refractivity contribution in [2.24, 2.45) is 5.92 Å². The van der Waals surface area contributed by atoms with Gasteiger partial charge in [-0.25, -0.2) is 0 Å². The zero-order valence-electron chi connectivity index (χ0n) is 17.3. The highest BCUT2D eigenvalue weighted by Crippen LogP contribution is 2.29. The van der Waals surface area contributed by atoms with Gasteiger partial charge in [-0.2, -0.15) is 17.0 Å². The summed E-state index contributed by atoms with van der Waals surface area (Å²) in [6.45, 7) is 8.18. The number of benzene rings is 1. The average molecular weight is 421 g/mol. The lowest BCUT2D eigenvalue weighted by molar-refractivity contribution is 0.0907. The van der Waals surface area contributed by atoms with E-state index in [1.165, 1.54) is 0 Å². The van der Waals surface area contributed by atoms with Crippen LogP contribution >= 0.6 is 0 Å². The molecule has 7 nitrogen and oxygen atoms in total. The molecule has 2 aromatic rings. The van der Waals surface area contributed by atoms with Crippen molar-refractivity contribution in [2.45, 2.75) is 32.8 Å². The number of aliphatic hydroxyl groups excluding tert-OH is 1. The van der Waals surface area contributed by atoms with Crippen molar-refractivity contribution in [3.8, 4) is 0 Å². The molecule has 2 aliphatic rings. The number of nitrogens with one attached hydrogen (secondary N) is 1. The Kier molecular flexibility index (Phi) is 5.99. The SMILES string of the molecule is Cc1[nH]c2ccccc2c1[C@H](O)CN1CCN(S(=O)(=O)N2CCC(C)CC2)CC1. The Balaban J connectivity index is 1.37. The van der Waals surface area contributed by atoms with E-state index in [-0.39, 0.29) is 0 Å². The van der Waals surface area contributed by atoms with Crippen LogP contribution in [0.3, 0.4) is 0 Å². The number of hydrogen-bond acceptors (Lipinski definition) is 4. The molecule has 4 rings (SSSR count). The molecule has 8 heteroatoms. The van der Waals surface area contributed by atoms with E-state index in [4.69, 9.17) is 0 Å². The van der Waals surface area contributed by atoms with E-state index in [1.807, 2.05) is 31.2 Å². The van der Waals surface area contributed by atoms with E-state index in [1.54, 1.807) is 8.61 Å². The summed E-state index contributed by atoms with van der Waals surface area (Å²) < 4.78 is 29.1. The lowest BCUT2D eigenvalue weighted by atomic mass is 10.0. The molecule has 2 N–H and O–H groups in total. The van der Waals surface area contributed by atoms with Gasteiger partial charge in [-0.05, 0) is 31.7 Å². The van der Waals surface area contributed by atoms with Crippen LogP contribution in [0.2, 0.25) is 0 Å². The zero-order chi connectivity index (χ0) is 20.6. The number of aromatic amines is 1. The highest BCUT2D eigenvalue weighted by molar-refractivity contribution is 7.86. The van der Waals surface area contributed by atoms with Crippen molar-refractivity contribution in [3.05, 3.63) is 35.5 Å². The number of hydrogen-bond donors (Lipinski definition) is 2. The third-order valence-corrected chi connectivity index (χ3v) is 8.47. The Hall–Kier alpha value is -1.45. The summed E-state index contributed by atoms with van der Waals surface area (Å²) in [4.78, 5) is 5.50. The summed E-state index contributed by atoms with van der Waals surface area (Å²) in [5.74, 6) is 0.604. The Bertz CT molecular complexity index is 942. The van der Waals surface area contributed by atoms with Crippen molar-refractivity contribution in [3.63, 3.8) is 0 Å². The third kappa shape index (κ3) is 4.22. The fraction of sp³-hybridized carbons (Fsp3) is 0.619. The van der Waals surface area contributed by atoms with Crippen molar-refractivity contribution in [1.29, 1.82) is 0 Å². The number of rotatable bonds is 5. The molecule has 0 bridgehead atoms. The predicted molar refractivity (Wildman–Crippen MR) is 115 cm³/mol. The first kappa shape index (κ1) is 20.8. The van der Waals surface area contributed by atoms with Gasteiger partial charge in [-0.1, -0.05) is 25.1 Å². The van der Waals surface area contributed by atoms with Crippen LogP contribution < -0.4 is 0 Å². The number of fused-ring (bicyclic) bond motifs is 1. The Labute approximate surface area is 173 Å². The summed E-state index contributed by atoms with van der Waals surface area (Å²) in [5.41, 5.74) is 2.96. The minimum atomic E-state index is -3.37. The highest BCUT2D eigenvalue weighted by atomic mass is 32.2. The molecule has 29 heavy (non-hydrogen) atoms. The van der Waals surface area contributed by atoms with Gasteiger partial charge < -0.3 is 10.1 Å². The molecule has 160 valence electrons. The van der Waals surface area contributed by atoms with Crippen LogP contribution in [-0.2, 0) is 10.2 Å². The van der Waals surface area contributed by atoms with E-state index in [0.29, 0.717) is 51.7 Å². The number of piperazine rings is 1. The smallest absolute Gasteiger partial charge is 0.282 e. The van der Waals surface area contributed by atoms with Gasteiger partial charge in [-0.3, -0.25) is 4.90 Å². The van der Waals surface area contributed by atoms with Gasteiger partial charge >= 0.3 is 0 Å². The second-order valence-corrected chi connectivity index (χ2v) is 10.4. The third-order valence-electron chi connectivity index (χ3n) is 6.43. The summed E-state index contributed by atoms with van der Waals surface area (Å²) in [5, 5.41) is 11.9. The molecule has 2 aliphatic heterocycles. The number of aromatic nitrogens is 1. The van der Waals surface area contributed by atoms with Crippen molar-refractivity contribution >= 4 is 21.1 Å². The summed E-state index contributed by atoms with van der Waals surface area (Å²) >= 11 is 0. The topological polar surface area (TPSA) is 79.9 Å². The first-order chi connectivity index (χ1) is 13.9. The molecule has 0 spiro atoms. The minimum absolute atomic E-state index is 0.480. The van der Waals surface area contributed by atoms with Gasteiger partial charge in [0.05, 0.1) is 6.10 Å². The van der Waals surface area contributed by atoms with E-state index in [0.717, 1.165) is 35.0 Å². The van der Waals surface area contributed by atoms with Gasteiger partial charge in [0.15, 0.2) is 0 Å². The van der Waals surface area contributed by atoms with Gasteiger partial charge in [0.1, 0.15) is 0 Å². The molecule has 2 fully saturated rings. The fourth-order valence-electron chi connectivity index (χ4n) is 4.59. The molecule has 0 saturated carbocycles. The Morgan fingerprint density at radius 1 is 1.07 bits per heavy atom. The quantitative estimate of drug-likeness (QED) is 0.776. The van der Waals surface area contributed by atoms with E-state index < -0.39 is 16.3 Å². The number of H-pyrrole nitrogens is 1. The number of piperidine rings is 1. The predicted octanol–water partition coefficient (Wildman–Crippen LogP) is 2.10. The van der Waals surface area contributed by atoms with Gasteiger partial charge in [-0.15, -0.1) is 0 Å². The molecule has 1 atom stereocenters. The minimum Gasteiger partial charge on any atom is -0.387 e. The van der Waals surface area contributed by atoms with Crippen LogP contribution in [0.25, 0.3) is 10.9 Å². The molecule has 0 unspecified atom stereocenters.